The zero-order chi connectivity index (χ0) is 14.5. The van der Waals surface area contributed by atoms with E-state index < -0.39 is 10.8 Å². The summed E-state index contributed by atoms with van der Waals surface area (Å²) in [6, 6.07) is 4.07. The molecule has 1 amide bonds. The second-order valence-corrected chi connectivity index (χ2v) is 3.85. The normalized spacial score (nSPS) is 10.2. The number of nitro benzene ring substituents is 1. The maximum absolute atomic E-state index is 11.9. The van der Waals surface area contributed by atoms with Crippen molar-refractivity contribution in [3.63, 3.8) is 0 Å². The Morgan fingerprint density at radius 1 is 1.50 bits per heavy atom. The average Bonchev–Trinajstić information content (AvgIpc) is 2.91. The zero-order valence-corrected chi connectivity index (χ0v) is 10.3. The number of hydrogen-bond donors (Lipinski definition) is 2. The Hall–Kier alpha value is -2.97. The van der Waals surface area contributed by atoms with E-state index in [-0.39, 0.29) is 23.5 Å². The number of nitrogens with one attached hydrogen (secondary N) is 1. The van der Waals surface area contributed by atoms with Crippen LogP contribution in [0.2, 0.25) is 0 Å². The Kier molecular flexibility index (Phi) is 3.89. The summed E-state index contributed by atoms with van der Waals surface area (Å²) >= 11 is 0. The molecule has 0 fully saturated rings. The van der Waals surface area contributed by atoms with Gasteiger partial charge in [0, 0.05) is 19.0 Å². The first-order valence-electron chi connectivity index (χ1n) is 5.66. The summed E-state index contributed by atoms with van der Waals surface area (Å²) in [4.78, 5) is 25.8. The highest BCUT2D eigenvalue weighted by molar-refractivity contribution is 6.00. The van der Waals surface area contributed by atoms with Gasteiger partial charge in [-0.05, 0) is 6.07 Å². The van der Waals surface area contributed by atoms with Crippen molar-refractivity contribution < 1.29 is 14.2 Å². The van der Waals surface area contributed by atoms with Crippen LogP contribution in [0.25, 0.3) is 0 Å². The van der Waals surface area contributed by atoms with Crippen LogP contribution in [-0.2, 0) is 6.42 Å². The Balaban J connectivity index is 2.02. The van der Waals surface area contributed by atoms with Crippen LogP contribution in [0.4, 0.5) is 11.4 Å². The maximum atomic E-state index is 11.9. The summed E-state index contributed by atoms with van der Waals surface area (Å²) in [6.45, 7) is 0.264. The number of benzene rings is 1. The third-order valence-electron chi connectivity index (χ3n) is 2.57. The Bertz CT molecular complexity index is 626. The van der Waals surface area contributed by atoms with Crippen molar-refractivity contribution in [3.8, 4) is 0 Å². The lowest BCUT2D eigenvalue weighted by Gasteiger charge is -2.06. The van der Waals surface area contributed by atoms with Gasteiger partial charge in [-0.3, -0.25) is 14.9 Å². The first-order chi connectivity index (χ1) is 9.59. The molecule has 0 aliphatic heterocycles. The maximum Gasteiger partial charge on any atom is 0.292 e. The summed E-state index contributed by atoms with van der Waals surface area (Å²) in [6.07, 6.45) is 1.58. The molecule has 0 atom stereocenters. The molecule has 0 saturated carbocycles. The van der Waals surface area contributed by atoms with Crippen LogP contribution >= 0.6 is 0 Å². The molecule has 9 nitrogen and oxygen atoms in total. The molecule has 0 aliphatic rings. The van der Waals surface area contributed by atoms with E-state index in [2.05, 4.69) is 20.0 Å². The summed E-state index contributed by atoms with van der Waals surface area (Å²) in [5.74, 6) is -0.0352. The lowest BCUT2D eigenvalue weighted by Crippen LogP contribution is -2.26. The number of para-hydroxylation sites is 1. The second-order valence-electron chi connectivity index (χ2n) is 3.85. The average molecular weight is 277 g/mol. The van der Waals surface area contributed by atoms with E-state index in [0.717, 1.165) is 0 Å². The molecule has 0 bridgehead atoms. The SMILES string of the molecule is Nc1c(C(=O)NCCc2ncon2)cccc1[N+](=O)[O-]. The van der Waals surface area contributed by atoms with Crippen LogP contribution in [-0.4, -0.2) is 27.5 Å². The highest BCUT2D eigenvalue weighted by atomic mass is 16.6. The van der Waals surface area contributed by atoms with Crippen LogP contribution in [0.5, 0.6) is 0 Å². The molecule has 9 heteroatoms. The van der Waals surface area contributed by atoms with Crippen LogP contribution in [0.3, 0.4) is 0 Å². The predicted molar refractivity (Wildman–Crippen MR) is 67.8 cm³/mol. The largest absolute Gasteiger partial charge is 0.393 e. The first kappa shape index (κ1) is 13.5. The van der Waals surface area contributed by atoms with E-state index >= 15 is 0 Å². The van der Waals surface area contributed by atoms with Crippen molar-refractivity contribution in [1.29, 1.82) is 0 Å². The van der Waals surface area contributed by atoms with Gasteiger partial charge in [-0.25, -0.2) is 0 Å². The van der Waals surface area contributed by atoms with E-state index in [9.17, 15) is 14.9 Å². The molecule has 104 valence electrons. The number of rotatable bonds is 5. The fraction of sp³-hybridized carbons (Fsp3) is 0.182. The van der Waals surface area contributed by atoms with Crippen LogP contribution in [0, 0.1) is 10.1 Å². The molecule has 1 aromatic carbocycles. The molecule has 0 unspecified atom stereocenters. The molecule has 0 aliphatic carbocycles. The van der Waals surface area contributed by atoms with Crippen molar-refractivity contribution in [3.05, 3.63) is 46.1 Å². The number of nitro groups is 1. The summed E-state index contributed by atoms with van der Waals surface area (Å²) in [5.41, 5.74) is 5.22. The number of carbonyl (C=O) groups is 1. The second kappa shape index (κ2) is 5.78. The van der Waals surface area contributed by atoms with Crippen molar-refractivity contribution in [2.75, 3.05) is 12.3 Å². The van der Waals surface area contributed by atoms with E-state index in [4.69, 9.17) is 5.73 Å². The number of nitrogens with two attached hydrogens (primary N) is 1. The zero-order valence-electron chi connectivity index (χ0n) is 10.3. The lowest BCUT2D eigenvalue weighted by molar-refractivity contribution is -0.383. The van der Waals surface area contributed by atoms with E-state index in [0.29, 0.717) is 12.2 Å². The number of nitrogens with zero attached hydrogens (tertiary/aromatic N) is 3. The Morgan fingerprint density at radius 2 is 2.30 bits per heavy atom. The fourth-order valence-corrected chi connectivity index (χ4v) is 1.60. The van der Waals surface area contributed by atoms with Crippen molar-refractivity contribution in [2.45, 2.75) is 6.42 Å². The van der Waals surface area contributed by atoms with Gasteiger partial charge in [-0.15, -0.1) is 0 Å². The first-order valence-corrected chi connectivity index (χ1v) is 5.66. The number of carbonyl (C=O) groups excluding carboxylic acids is 1. The molecule has 1 heterocycles. The van der Waals surface area contributed by atoms with Gasteiger partial charge in [0.2, 0.25) is 6.39 Å². The number of amides is 1. The molecular weight excluding hydrogens is 266 g/mol. The minimum absolute atomic E-state index is 0.0623. The third-order valence-corrected chi connectivity index (χ3v) is 2.57. The molecule has 3 N–H and O–H groups in total. The molecule has 0 radical (unpaired) electrons. The van der Waals surface area contributed by atoms with Crippen molar-refractivity contribution in [1.82, 2.24) is 15.5 Å². The quantitative estimate of drug-likeness (QED) is 0.462. The fourth-order valence-electron chi connectivity index (χ4n) is 1.60. The van der Waals surface area contributed by atoms with E-state index in [1.165, 1.54) is 24.6 Å². The number of nitrogen functional groups attached to an aromatic ring is 1. The minimum atomic E-state index is -0.634. The third kappa shape index (κ3) is 2.88. The highest BCUT2D eigenvalue weighted by Gasteiger charge is 2.18. The number of hydrogen-bond acceptors (Lipinski definition) is 7. The van der Waals surface area contributed by atoms with Gasteiger partial charge < -0.3 is 15.6 Å². The Morgan fingerprint density at radius 3 is 2.95 bits per heavy atom. The summed E-state index contributed by atoms with van der Waals surface area (Å²) in [5, 5.41) is 16.9. The standard InChI is InChI=1S/C11H11N5O4/c12-10-7(2-1-3-8(10)16(18)19)11(17)13-5-4-9-14-6-20-15-9/h1-3,6H,4-5,12H2,(H,13,17). The smallest absolute Gasteiger partial charge is 0.292 e. The molecule has 20 heavy (non-hydrogen) atoms. The Labute approximate surface area is 112 Å². The molecule has 2 rings (SSSR count). The van der Waals surface area contributed by atoms with Gasteiger partial charge in [0.1, 0.15) is 5.69 Å². The van der Waals surface area contributed by atoms with Gasteiger partial charge in [-0.2, -0.15) is 4.98 Å². The molecular formula is C11H11N5O4. The highest BCUT2D eigenvalue weighted by Crippen LogP contribution is 2.24. The van der Waals surface area contributed by atoms with Crippen molar-refractivity contribution >= 4 is 17.3 Å². The molecule has 2 aromatic rings. The monoisotopic (exact) mass is 277 g/mol. The van der Waals surface area contributed by atoms with E-state index in [1.54, 1.807) is 0 Å². The van der Waals surface area contributed by atoms with E-state index in [1.807, 2.05) is 0 Å². The van der Waals surface area contributed by atoms with Crippen LogP contribution in [0.15, 0.2) is 29.1 Å². The van der Waals surface area contributed by atoms with Gasteiger partial charge in [0.05, 0.1) is 10.5 Å². The molecule has 0 saturated heterocycles. The van der Waals surface area contributed by atoms with Crippen LogP contribution < -0.4 is 11.1 Å². The van der Waals surface area contributed by atoms with Gasteiger partial charge in [-0.1, -0.05) is 11.2 Å². The minimum Gasteiger partial charge on any atom is -0.393 e. The topological polar surface area (TPSA) is 137 Å². The van der Waals surface area contributed by atoms with Gasteiger partial charge >= 0.3 is 0 Å². The summed E-state index contributed by atoms with van der Waals surface area (Å²) in [7, 11) is 0. The lowest BCUT2D eigenvalue weighted by atomic mass is 10.1. The number of aromatic nitrogens is 2. The molecule has 0 spiro atoms. The van der Waals surface area contributed by atoms with Crippen LogP contribution in [0.1, 0.15) is 16.2 Å². The predicted octanol–water partition coefficient (Wildman–Crippen LogP) is 0.532. The molecule has 1 aromatic heterocycles. The van der Waals surface area contributed by atoms with Gasteiger partial charge in [0.25, 0.3) is 11.6 Å². The van der Waals surface area contributed by atoms with Gasteiger partial charge in [0.15, 0.2) is 5.82 Å². The summed E-state index contributed by atoms with van der Waals surface area (Å²) < 4.78 is 4.55. The number of anilines is 1. The van der Waals surface area contributed by atoms with Crippen molar-refractivity contribution in [2.24, 2.45) is 0 Å².